The highest BCUT2D eigenvalue weighted by atomic mass is 16.2. The SMILES string of the molecule is C=CCCC(=O)N[C@@H](C)C(=O)N(C)[C@@H](CC(C)(C)C)C(=O)N1C[C@]2(C[C@H]1C(N)=O)C(=O)Nc1ccc(C=C)cc12. The molecule has 0 bridgehead atoms. The maximum atomic E-state index is 14.2. The number of nitrogens with one attached hydrogen (secondary N) is 2. The van der Waals surface area contributed by atoms with Crippen molar-refractivity contribution in [3.8, 4) is 0 Å². The smallest absolute Gasteiger partial charge is 0.246 e. The fourth-order valence-electron chi connectivity index (χ4n) is 5.54. The van der Waals surface area contributed by atoms with Gasteiger partial charge in [0.15, 0.2) is 0 Å². The van der Waals surface area contributed by atoms with Crippen molar-refractivity contribution in [3.63, 3.8) is 0 Å². The molecule has 216 valence electrons. The van der Waals surface area contributed by atoms with E-state index in [0.717, 1.165) is 5.56 Å². The van der Waals surface area contributed by atoms with Gasteiger partial charge in [-0.1, -0.05) is 45.6 Å². The van der Waals surface area contributed by atoms with Gasteiger partial charge in [-0.05, 0) is 54.9 Å². The fourth-order valence-corrected chi connectivity index (χ4v) is 5.54. The number of carbonyl (C=O) groups excluding carboxylic acids is 5. The van der Waals surface area contributed by atoms with Crippen molar-refractivity contribution in [3.05, 3.63) is 48.6 Å². The minimum atomic E-state index is -1.16. The minimum Gasteiger partial charge on any atom is -0.368 e. The normalized spacial score (nSPS) is 21.3. The molecule has 1 fully saturated rings. The van der Waals surface area contributed by atoms with Crippen molar-refractivity contribution < 1.29 is 24.0 Å². The third kappa shape index (κ3) is 6.11. The van der Waals surface area contributed by atoms with Crippen LogP contribution in [-0.4, -0.2) is 71.1 Å². The zero-order valence-corrected chi connectivity index (χ0v) is 24.1. The number of amides is 5. The van der Waals surface area contributed by atoms with Crippen LogP contribution in [0.2, 0.25) is 0 Å². The van der Waals surface area contributed by atoms with E-state index in [1.165, 1.54) is 16.8 Å². The lowest BCUT2D eigenvalue weighted by atomic mass is 9.79. The maximum absolute atomic E-state index is 14.2. The number of rotatable bonds is 10. The maximum Gasteiger partial charge on any atom is 0.246 e. The van der Waals surface area contributed by atoms with E-state index >= 15 is 0 Å². The van der Waals surface area contributed by atoms with E-state index in [-0.39, 0.29) is 43.0 Å². The zero-order valence-electron chi connectivity index (χ0n) is 24.1. The first kappa shape index (κ1) is 30.6. The number of allylic oxidation sites excluding steroid dienone is 1. The second-order valence-electron chi connectivity index (χ2n) is 12.0. The van der Waals surface area contributed by atoms with Crippen LogP contribution in [0.25, 0.3) is 6.08 Å². The van der Waals surface area contributed by atoms with Gasteiger partial charge in [-0.3, -0.25) is 24.0 Å². The molecule has 1 aromatic carbocycles. The Labute approximate surface area is 236 Å². The topological polar surface area (TPSA) is 142 Å². The van der Waals surface area contributed by atoms with E-state index in [1.807, 2.05) is 32.9 Å². The number of likely N-dealkylation sites (tertiary alicyclic amines) is 1. The van der Waals surface area contributed by atoms with E-state index in [1.54, 1.807) is 25.1 Å². The average Bonchev–Trinajstić information content (AvgIpc) is 3.42. The number of nitrogens with two attached hydrogens (primary N) is 1. The van der Waals surface area contributed by atoms with Gasteiger partial charge in [0.25, 0.3) is 0 Å². The number of anilines is 1. The molecule has 0 radical (unpaired) electrons. The molecule has 5 amide bonds. The fraction of sp³-hybridized carbons (Fsp3) is 0.500. The third-order valence-corrected chi connectivity index (χ3v) is 7.68. The van der Waals surface area contributed by atoms with Crippen LogP contribution in [0, 0.1) is 5.41 Å². The van der Waals surface area contributed by atoms with E-state index in [4.69, 9.17) is 5.73 Å². The molecule has 2 aliphatic heterocycles. The highest BCUT2D eigenvalue weighted by molar-refractivity contribution is 6.08. The van der Waals surface area contributed by atoms with Gasteiger partial charge in [-0.2, -0.15) is 0 Å². The zero-order chi connectivity index (χ0) is 30.0. The molecule has 1 spiro atoms. The van der Waals surface area contributed by atoms with Crippen LogP contribution in [-0.2, 0) is 29.4 Å². The van der Waals surface area contributed by atoms with Crippen LogP contribution in [0.3, 0.4) is 0 Å². The largest absolute Gasteiger partial charge is 0.368 e. The minimum absolute atomic E-state index is 0.0309. The first-order chi connectivity index (χ1) is 18.6. The summed E-state index contributed by atoms with van der Waals surface area (Å²) in [5, 5.41) is 5.56. The second-order valence-corrected chi connectivity index (χ2v) is 12.0. The van der Waals surface area contributed by atoms with Crippen LogP contribution >= 0.6 is 0 Å². The van der Waals surface area contributed by atoms with Crippen molar-refractivity contribution in [1.29, 1.82) is 0 Å². The molecule has 4 atom stereocenters. The Balaban J connectivity index is 1.95. The van der Waals surface area contributed by atoms with Crippen molar-refractivity contribution in [2.45, 2.75) is 76.9 Å². The van der Waals surface area contributed by atoms with Gasteiger partial charge in [0.05, 0.1) is 5.41 Å². The molecule has 0 aromatic heterocycles. The molecule has 3 rings (SSSR count). The number of fused-ring (bicyclic) bond motifs is 2. The van der Waals surface area contributed by atoms with Crippen LogP contribution in [0.15, 0.2) is 37.4 Å². The van der Waals surface area contributed by atoms with Crippen molar-refractivity contribution in [1.82, 2.24) is 15.1 Å². The molecule has 10 nitrogen and oxygen atoms in total. The summed E-state index contributed by atoms with van der Waals surface area (Å²) < 4.78 is 0. The summed E-state index contributed by atoms with van der Waals surface area (Å²) in [7, 11) is 1.52. The van der Waals surface area contributed by atoms with Gasteiger partial charge in [0, 0.05) is 25.7 Å². The van der Waals surface area contributed by atoms with Gasteiger partial charge in [0.2, 0.25) is 29.5 Å². The summed E-state index contributed by atoms with van der Waals surface area (Å²) in [6.07, 6.45) is 4.27. The third-order valence-electron chi connectivity index (χ3n) is 7.68. The number of likely N-dealkylation sites (N-methyl/N-ethyl adjacent to an activating group) is 1. The van der Waals surface area contributed by atoms with Crippen LogP contribution in [0.5, 0.6) is 0 Å². The monoisotopic (exact) mass is 551 g/mol. The van der Waals surface area contributed by atoms with E-state index < -0.39 is 41.3 Å². The Kier molecular flexibility index (Phi) is 8.91. The summed E-state index contributed by atoms with van der Waals surface area (Å²) >= 11 is 0. The van der Waals surface area contributed by atoms with Crippen LogP contribution < -0.4 is 16.4 Å². The van der Waals surface area contributed by atoms with Gasteiger partial charge >= 0.3 is 0 Å². The van der Waals surface area contributed by atoms with Crippen molar-refractivity contribution in [2.75, 3.05) is 18.9 Å². The van der Waals surface area contributed by atoms with E-state index in [9.17, 15) is 24.0 Å². The molecular weight excluding hydrogens is 510 g/mol. The molecule has 0 unspecified atom stereocenters. The molecule has 10 heteroatoms. The van der Waals surface area contributed by atoms with Gasteiger partial charge < -0.3 is 26.2 Å². The molecular formula is C30H41N5O5. The molecule has 40 heavy (non-hydrogen) atoms. The van der Waals surface area contributed by atoms with E-state index in [0.29, 0.717) is 17.7 Å². The number of nitrogens with zero attached hydrogens (tertiary/aromatic N) is 2. The van der Waals surface area contributed by atoms with Gasteiger partial charge in [-0.15, -0.1) is 6.58 Å². The first-order valence-corrected chi connectivity index (χ1v) is 13.5. The number of carbonyl (C=O) groups is 5. The molecule has 0 saturated carbocycles. The molecule has 2 heterocycles. The standard InChI is InChI=1S/C30H41N5O5/c1-8-10-11-24(36)32-18(3)26(38)34(7)23(15-29(4,5)6)27(39)35-17-30(16-22(35)25(31)37)20-14-19(9-2)12-13-21(20)33-28(30)40/h8-9,12-14,18,22-23H,1-2,10-11,15-17H2,3-7H3,(H2,31,37)(H,32,36)(H,33,40)/t18-,22-,23-,30-/m0/s1. The highest BCUT2D eigenvalue weighted by Crippen LogP contribution is 2.47. The predicted octanol–water partition coefficient (Wildman–Crippen LogP) is 2.34. The van der Waals surface area contributed by atoms with Crippen LogP contribution in [0.1, 0.15) is 64.5 Å². The molecule has 1 saturated heterocycles. The number of hydrogen-bond donors (Lipinski definition) is 3. The van der Waals surface area contributed by atoms with Gasteiger partial charge in [0.1, 0.15) is 18.1 Å². The Morgan fingerprint density at radius 3 is 2.52 bits per heavy atom. The lowest BCUT2D eigenvalue weighted by Crippen LogP contribution is -2.57. The lowest BCUT2D eigenvalue weighted by Gasteiger charge is -2.37. The number of primary amides is 1. The summed E-state index contributed by atoms with van der Waals surface area (Å²) in [6, 6.07) is 2.57. The van der Waals surface area contributed by atoms with Gasteiger partial charge in [-0.25, -0.2) is 0 Å². The Morgan fingerprint density at radius 2 is 1.95 bits per heavy atom. The van der Waals surface area contributed by atoms with Crippen molar-refractivity contribution >= 4 is 41.3 Å². The Bertz CT molecular complexity index is 1240. The number of hydrogen-bond acceptors (Lipinski definition) is 5. The summed E-state index contributed by atoms with van der Waals surface area (Å²) in [5.41, 5.74) is 6.36. The quantitative estimate of drug-likeness (QED) is 0.383. The first-order valence-electron chi connectivity index (χ1n) is 13.5. The predicted molar refractivity (Wildman–Crippen MR) is 154 cm³/mol. The highest BCUT2D eigenvalue weighted by Gasteiger charge is 2.58. The van der Waals surface area contributed by atoms with Crippen molar-refractivity contribution in [2.24, 2.45) is 11.1 Å². The molecule has 4 N–H and O–H groups in total. The molecule has 0 aliphatic carbocycles. The van der Waals surface area contributed by atoms with E-state index in [2.05, 4.69) is 23.8 Å². The Hall–Kier alpha value is -3.95. The average molecular weight is 552 g/mol. The molecule has 2 aliphatic rings. The summed E-state index contributed by atoms with van der Waals surface area (Å²) in [5.74, 6) is -2.25. The molecule has 1 aromatic rings. The Morgan fingerprint density at radius 1 is 1.27 bits per heavy atom. The summed E-state index contributed by atoms with van der Waals surface area (Å²) in [4.78, 5) is 68.6. The second kappa shape index (κ2) is 11.7. The van der Waals surface area contributed by atoms with Crippen LogP contribution in [0.4, 0.5) is 5.69 Å². The summed E-state index contributed by atoms with van der Waals surface area (Å²) in [6.45, 7) is 14.7. The number of benzene rings is 1. The lowest BCUT2D eigenvalue weighted by molar-refractivity contribution is -0.149.